The Kier molecular flexibility index (Phi) is 7.22. The fraction of sp³-hybridized carbons (Fsp3) is 0.577. The molecular weight excluding hydrogens is 481 g/mol. The predicted octanol–water partition coefficient (Wildman–Crippen LogP) is 2.86. The summed E-state index contributed by atoms with van der Waals surface area (Å²) in [6, 6.07) is 4.86. The molecule has 4 N–H and O–H groups in total. The molecule has 0 radical (unpaired) electrons. The number of aromatic nitrogens is 2. The van der Waals surface area contributed by atoms with Gasteiger partial charge in [-0.1, -0.05) is 19.1 Å². The first-order valence-corrected chi connectivity index (χ1v) is 14.9. The Morgan fingerprint density at radius 3 is 2.86 bits per heavy atom. The maximum Gasteiger partial charge on any atom is 0.148 e. The van der Waals surface area contributed by atoms with E-state index in [1.165, 1.54) is 6.26 Å². The van der Waals surface area contributed by atoms with E-state index in [0.717, 1.165) is 60.4 Å². The fourth-order valence-electron chi connectivity index (χ4n) is 6.05. The number of phenolic OH excluding ortho intramolecular Hbond substituents is 1. The number of hydrogen-bond donors (Lipinski definition) is 4. The van der Waals surface area contributed by atoms with Crippen molar-refractivity contribution in [3.8, 4) is 5.75 Å². The molecule has 5 atom stereocenters. The Labute approximate surface area is 212 Å². The Bertz CT molecular complexity index is 1230. The van der Waals surface area contributed by atoms with Crippen molar-refractivity contribution in [2.24, 2.45) is 5.92 Å². The average Bonchev–Trinajstić information content (AvgIpc) is 3.51. The molecule has 3 aliphatic rings. The van der Waals surface area contributed by atoms with E-state index >= 15 is 4.39 Å². The first-order chi connectivity index (χ1) is 17.2. The van der Waals surface area contributed by atoms with Crippen LogP contribution in [0.5, 0.6) is 5.75 Å². The topological polar surface area (TPSA) is 110 Å². The van der Waals surface area contributed by atoms with Crippen molar-refractivity contribution in [1.82, 2.24) is 25.7 Å². The quantitative estimate of drug-likeness (QED) is 0.447. The van der Waals surface area contributed by atoms with E-state index in [2.05, 4.69) is 31.8 Å². The lowest BCUT2D eigenvalue weighted by atomic mass is 9.71. The van der Waals surface area contributed by atoms with E-state index in [1.54, 1.807) is 12.1 Å². The van der Waals surface area contributed by atoms with Crippen LogP contribution >= 0.6 is 0 Å². The Balaban J connectivity index is 1.26. The molecule has 0 amide bonds. The zero-order chi connectivity index (χ0) is 25.4. The molecule has 0 spiro atoms. The molecule has 3 heterocycles. The highest BCUT2D eigenvalue weighted by Crippen LogP contribution is 2.45. The third kappa shape index (κ3) is 5.22. The lowest BCUT2D eigenvalue weighted by molar-refractivity contribution is 0.135. The lowest BCUT2D eigenvalue weighted by Crippen LogP contribution is -2.45. The maximum absolute atomic E-state index is 15.8. The van der Waals surface area contributed by atoms with Crippen LogP contribution < -0.4 is 10.9 Å². The van der Waals surface area contributed by atoms with E-state index in [-0.39, 0.29) is 35.4 Å². The molecule has 5 unspecified atom stereocenters. The number of nitrogens with one attached hydrogen (secondary N) is 3. The van der Waals surface area contributed by atoms with Crippen molar-refractivity contribution in [2.75, 3.05) is 31.6 Å². The van der Waals surface area contributed by atoms with Crippen LogP contribution in [-0.4, -0.2) is 72.2 Å². The predicted molar refractivity (Wildman–Crippen MR) is 138 cm³/mol. The largest absolute Gasteiger partial charge is 0.508 e. The van der Waals surface area contributed by atoms with Gasteiger partial charge in [-0.25, -0.2) is 23.2 Å². The molecule has 5 rings (SSSR count). The second kappa shape index (κ2) is 10.2. The van der Waals surface area contributed by atoms with Crippen molar-refractivity contribution in [2.45, 2.75) is 56.8 Å². The summed E-state index contributed by atoms with van der Waals surface area (Å²) in [6.45, 7) is 4.08. The van der Waals surface area contributed by atoms with Crippen LogP contribution in [-0.2, 0) is 16.3 Å². The third-order valence-corrected chi connectivity index (χ3v) is 8.91. The number of hydrazine groups is 1. The summed E-state index contributed by atoms with van der Waals surface area (Å²) in [5, 5.41) is 9.86. The number of aryl methyl sites for hydroxylation is 1. The minimum Gasteiger partial charge on any atom is -0.508 e. The molecule has 1 aromatic carbocycles. The molecule has 196 valence electrons. The van der Waals surface area contributed by atoms with Crippen LogP contribution in [0.4, 0.5) is 4.39 Å². The molecule has 1 saturated carbocycles. The lowest BCUT2D eigenvalue weighted by Gasteiger charge is -2.36. The Morgan fingerprint density at radius 2 is 2.08 bits per heavy atom. The second-order valence-electron chi connectivity index (χ2n) is 10.4. The van der Waals surface area contributed by atoms with Crippen LogP contribution in [0.25, 0.3) is 5.57 Å². The van der Waals surface area contributed by atoms with Gasteiger partial charge >= 0.3 is 0 Å². The van der Waals surface area contributed by atoms with Gasteiger partial charge in [-0.3, -0.25) is 10.3 Å². The van der Waals surface area contributed by atoms with Gasteiger partial charge in [-0.05, 0) is 54.5 Å². The summed E-state index contributed by atoms with van der Waals surface area (Å²) in [5.41, 5.74) is 10.6. The molecule has 2 aromatic rings. The van der Waals surface area contributed by atoms with Crippen molar-refractivity contribution in [3.05, 3.63) is 53.1 Å². The molecule has 2 aliphatic heterocycles. The molecule has 1 aliphatic carbocycles. The van der Waals surface area contributed by atoms with E-state index < -0.39 is 16.0 Å². The van der Waals surface area contributed by atoms with Crippen LogP contribution in [0.15, 0.2) is 30.5 Å². The highest BCUT2D eigenvalue weighted by Gasteiger charge is 2.48. The first kappa shape index (κ1) is 25.4. The number of hydrogen-bond acceptors (Lipinski definition) is 7. The number of sulfone groups is 1. The third-order valence-electron chi connectivity index (χ3n) is 7.98. The van der Waals surface area contributed by atoms with Gasteiger partial charge in [0.2, 0.25) is 0 Å². The highest BCUT2D eigenvalue weighted by atomic mass is 32.2. The van der Waals surface area contributed by atoms with Gasteiger partial charge in [-0.2, -0.15) is 0 Å². The van der Waals surface area contributed by atoms with Gasteiger partial charge in [0.05, 0.1) is 29.7 Å². The number of phenols is 1. The molecule has 2 fully saturated rings. The second-order valence-corrected chi connectivity index (χ2v) is 12.7. The van der Waals surface area contributed by atoms with Crippen LogP contribution in [0.3, 0.4) is 0 Å². The Hall–Kier alpha value is -2.27. The highest BCUT2D eigenvalue weighted by molar-refractivity contribution is 7.90. The molecular formula is C26H36FN5O3S. The summed E-state index contributed by atoms with van der Waals surface area (Å²) in [5.74, 6) is 1.05. The zero-order valence-electron chi connectivity index (χ0n) is 20.9. The zero-order valence-corrected chi connectivity index (χ0v) is 21.7. The summed E-state index contributed by atoms with van der Waals surface area (Å²) >= 11 is 0. The molecule has 0 bridgehead atoms. The number of alkyl halides is 1. The smallest absolute Gasteiger partial charge is 0.148 e. The SMILES string of the molecule is CCc1cc(O)ccc1C1CCC2C(c3ncc(C4=CCCN(CCS(C)(=O)=O)C4)[nH]3)NNC2C1F. The van der Waals surface area contributed by atoms with E-state index in [1.807, 2.05) is 19.2 Å². The molecule has 10 heteroatoms. The minimum absolute atomic E-state index is 0.0732. The normalized spacial score (nSPS) is 29.2. The molecule has 1 saturated heterocycles. The van der Waals surface area contributed by atoms with Crippen molar-refractivity contribution in [1.29, 1.82) is 0 Å². The van der Waals surface area contributed by atoms with Gasteiger partial charge < -0.3 is 10.1 Å². The van der Waals surface area contributed by atoms with Crippen molar-refractivity contribution >= 4 is 15.4 Å². The number of fused-ring (bicyclic) bond motifs is 1. The number of aromatic amines is 1. The van der Waals surface area contributed by atoms with E-state index in [9.17, 15) is 13.5 Å². The molecule has 1 aromatic heterocycles. The van der Waals surface area contributed by atoms with Gasteiger partial charge in [0.1, 0.15) is 27.6 Å². The van der Waals surface area contributed by atoms with Gasteiger partial charge in [0.25, 0.3) is 0 Å². The van der Waals surface area contributed by atoms with Crippen molar-refractivity contribution in [3.63, 3.8) is 0 Å². The molecule has 8 nitrogen and oxygen atoms in total. The van der Waals surface area contributed by atoms with Crippen LogP contribution in [0, 0.1) is 5.92 Å². The number of nitrogens with zero attached hydrogens (tertiary/aromatic N) is 2. The summed E-state index contributed by atoms with van der Waals surface area (Å²) in [4.78, 5) is 10.3. The molecule has 36 heavy (non-hydrogen) atoms. The van der Waals surface area contributed by atoms with E-state index in [4.69, 9.17) is 0 Å². The van der Waals surface area contributed by atoms with E-state index in [0.29, 0.717) is 13.1 Å². The standard InChI is InChI=1S/C26H36FN5O3S/c1-3-16-13-18(33)6-7-19(16)20-8-9-21-24(23(20)27)30-31-25(21)26-28-14-22(29-26)17-5-4-10-32(15-17)11-12-36(2,34)35/h5-7,13-14,20-21,23-25,30-31,33H,3-4,8-12,15H2,1-2H3,(H,28,29). The summed E-state index contributed by atoms with van der Waals surface area (Å²) in [6.07, 6.45) is 7.47. The number of rotatable bonds is 7. The van der Waals surface area contributed by atoms with Gasteiger partial charge in [0, 0.05) is 37.7 Å². The number of benzene rings is 1. The summed E-state index contributed by atoms with van der Waals surface area (Å²) < 4.78 is 38.9. The monoisotopic (exact) mass is 517 g/mol. The number of halogens is 1. The fourth-order valence-corrected chi connectivity index (χ4v) is 6.64. The van der Waals surface area contributed by atoms with Crippen LogP contribution in [0.2, 0.25) is 0 Å². The first-order valence-electron chi connectivity index (χ1n) is 12.8. The van der Waals surface area contributed by atoms with Gasteiger partial charge in [0.15, 0.2) is 0 Å². The number of H-pyrrole nitrogens is 1. The van der Waals surface area contributed by atoms with Gasteiger partial charge in [-0.15, -0.1) is 0 Å². The number of aromatic hydroxyl groups is 1. The number of imidazole rings is 1. The maximum atomic E-state index is 15.8. The Morgan fingerprint density at radius 1 is 1.25 bits per heavy atom. The average molecular weight is 518 g/mol. The summed E-state index contributed by atoms with van der Waals surface area (Å²) in [7, 11) is -2.99. The minimum atomic E-state index is -2.99. The van der Waals surface area contributed by atoms with Crippen molar-refractivity contribution < 1.29 is 17.9 Å². The van der Waals surface area contributed by atoms with Crippen LogP contribution in [0.1, 0.15) is 60.8 Å².